The number of halogens is 1. The molecule has 1 aromatic heterocycles. The minimum absolute atomic E-state index is 0.233. The van der Waals surface area contributed by atoms with E-state index < -0.39 is 0 Å². The number of nitrogens with zero attached hydrogens (tertiary/aromatic N) is 2. The van der Waals surface area contributed by atoms with Gasteiger partial charge in [-0.25, -0.2) is 0 Å². The molecule has 4 nitrogen and oxygen atoms in total. The summed E-state index contributed by atoms with van der Waals surface area (Å²) in [7, 11) is 1.74. The van der Waals surface area contributed by atoms with E-state index in [0.29, 0.717) is 5.92 Å². The molecule has 19 heavy (non-hydrogen) atoms. The summed E-state index contributed by atoms with van der Waals surface area (Å²) in [6.07, 6.45) is 3.80. The molecular weight excluding hydrogens is 262 g/mol. The Labute approximate surface area is 121 Å². The molecule has 0 radical (unpaired) electrons. The first-order valence-electron chi connectivity index (χ1n) is 7.07. The van der Waals surface area contributed by atoms with Gasteiger partial charge in [-0.1, -0.05) is 32.4 Å². The Morgan fingerprint density at radius 2 is 2.21 bits per heavy atom. The molecular formula is C14H26ClN3O. The normalized spacial score (nSPS) is 14.6. The molecule has 110 valence electrons. The zero-order valence-electron chi connectivity index (χ0n) is 12.4. The van der Waals surface area contributed by atoms with Crippen LogP contribution in [0.2, 0.25) is 5.02 Å². The third kappa shape index (κ3) is 4.79. The third-order valence-electron chi connectivity index (χ3n) is 3.14. The van der Waals surface area contributed by atoms with Crippen LogP contribution in [0.3, 0.4) is 0 Å². The van der Waals surface area contributed by atoms with E-state index in [4.69, 9.17) is 16.3 Å². The molecule has 0 aliphatic rings. The molecule has 0 aliphatic heterocycles. The topological polar surface area (TPSA) is 39.1 Å². The average molecular weight is 288 g/mol. The van der Waals surface area contributed by atoms with Gasteiger partial charge in [0.05, 0.1) is 23.0 Å². The number of nitrogens with one attached hydrogen (secondary N) is 1. The van der Waals surface area contributed by atoms with Crippen molar-refractivity contribution >= 4 is 11.6 Å². The second kappa shape index (κ2) is 8.56. The predicted octanol–water partition coefficient (Wildman–Crippen LogP) is 3.27. The second-order valence-electron chi connectivity index (χ2n) is 5.01. The summed E-state index contributed by atoms with van der Waals surface area (Å²) in [5.74, 6) is 0.482. The number of aryl methyl sites for hydroxylation is 1. The Hall–Kier alpha value is -0.580. The van der Waals surface area contributed by atoms with Gasteiger partial charge in [0.2, 0.25) is 0 Å². The lowest BCUT2D eigenvalue weighted by molar-refractivity contribution is 0.148. The number of hydrogen-bond acceptors (Lipinski definition) is 3. The van der Waals surface area contributed by atoms with Crippen LogP contribution in [0.1, 0.15) is 45.3 Å². The summed E-state index contributed by atoms with van der Waals surface area (Å²) in [5.41, 5.74) is 1.10. The highest BCUT2D eigenvalue weighted by Crippen LogP contribution is 2.28. The molecule has 1 aromatic rings. The molecule has 0 saturated heterocycles. The van der Waals surface area contributed by atoms with Crippen LogP contribution in [-0.2, 0) is 11.3 Å². The SMILES string of the molecule is CCCn1ncc(Cl)c1C(CC(C)COC)NCC. The van der Waals surface area contributed by atoms with Gasteiger partial charge in [-0.05, 0) is 25.3 Å². The quantitative estimate of drug-likeness (QED) is 0.758. The lowest BCUT2D eigenvalue weighted by atomic mass is 10.00. The van der Waals surface area contributed by atoms with Gasteiger partial charge in [0.15, 0.2) is 0 Å². The molecule has 0 amide bonds. The average Bonchev–Trinajstić information content (AvgIpc) is 2.71. The molecule has 2 atom stereocenters. The number of aromatic nitrogens is 2. The molecule has 0 fully saturated rings. The summed E-state index contributed by atoms with van der Waals surface area (Å²) in [5, 5.41) is 8.64. The molecule has 5 heteroatoms. The lowest BCUT2D eigenvalue weighted by Crippen LogP contribution is -2.27. The van der Waals surface area contributed by atoms with E-state index in [9.17, 15) is 0 Å². The van der Waals surface area contributed by atoms with Gasteiger partial charge < -0.3 is 10.1 Å². The molecule has 1 N–H and O–H groups in total. The van der Waals surface area contributed by atoms with E-state index >= 15 is 0 Å². The summed E-state index contributed by atoms with van der Waals surface area (Å²) in [6, 6.07) is 0.233. The second-order valence-corrected chi connectivity index (χ2v) is 5.41. The molecule has 1 heterocycles. The van der Waals surface area contributed by atoms with Crippen LogP contribution >= 0.6 is 11.6 Å². The first kappa shape index (κ1) is 16.5. The molecule has 2 unspecified atom stereocenters. The Kier molecular flexibility index (Phi) is 7.42. The zero-order chi connectivity index (χ0) is 14.3. The van der Waals surface area contributed by atoms with Crippen molar-refractivity contribution in [1.29, 1.82) is 0 Å². The van der Waals surface area contributed by atoms with Gasteiger partial charge in [0.25, 0.3) is 0 Å². The van der Waals surface area contributed by atoms with Gasteiger partial charge >= 0.3 is 0 Å². The van der Waals surface area contributed by atoms with Gasteiger partial charge in [-0.2, -0.15) is 5.10 Å². The Morgan fingerprint density at radius 1 is 1.47 bits per heavy atom. The largest absolute Gasteiger partial charge is 0.384 e. The van der Waals surface area contributed by atoms with E-state index in [0.717, 1.165) is 43.3 Å². The molecule has 0 aromatic carbocycles. The van der Waals surface area contributed by atoms with Crippen molar-refractivity contribution in [3.05, 3.63) is 16.9 Å². The Balaban J connectivity index is 2.87. The maximum Gasteiger partial charge on any atom is 0.0834 e. The van der Waals surface area contributed by atoms with Crippen LogP contribution < -0.4 is 5.32 Å². The van der Waals surface area contributed by atoms with E-state index in [2.05, 4.69) is 31.2 Å². The van der Waals surface area contributed by atoms with E-state index in [1.165, 1.54) is 0 Å². The lowest BCUT2D eigenvalue weighted by Gasteiger charge is -2.23. The van der Waals surface area contributed by atoms with Crippen molar-refractivity contribution < 1.29 is 4.74 Å². The van der Waals surface area contributed by atoms with Crippen LogP contribution in [0.15, 0.2) is 6.20 Å². The minimum atomic E-state index is 0.233. The first-order chi connectivity index (χ1) is 9.13. The standard InChI is InChI=1S/C14H26ClN3O/c1-5-7-18-14(12(15)9-17-18)13(16-6-2)8-11(3)10-19-4/h9,11,13,16H,5-8,10H2,1-4H3. The van der Waals surface area contributed by atoms with E-state index in [1.54, 1.807) is 13.3 Å². The summed E-state index contributed by atoms with van der Waals surface area (Å²) >= 11 is 6.32. The number of rotatable bonds is 9. The van der Waals surface area contributed by atoms with Gasteiger partial charge in [-0.3, -0.25) is 4.68 Å². The number of hydrogen-bond donors (Lipinski definition) is 1. The molecule has 0 spiro atoms. The van der Waals surface area contributed by atoms with Crippen molar-refractivity contribution in [1.82, 2.24) is 15.1 Å². The maximum atomic E-state index is 6.32. The smallest absolute Gasteiger partial charge is 0.0834 e. The molecule has 0 saturated carbocycles. The highest BCUT2D eigenvalue weighted by atomic mass is 35.5. The molecule has 0 aliphatic carbocycles. The number of ether oxygens (including phenoxy) is 1. The van der Waals surface area contributed by atoms with Crippen molar-refractivity contribution in [2.24, 2.45) is 5.92 Å². The molecule has 0 bridgehead atoms. The van der Waals surface area contributed by atoms with Gasteiger partial charge in [-0.15, -0.1) is 0 Å². The van der Waals surface area contributed by atoms with Crippen LogP contribution in [0.4, 0.5) is 0 Å². The summed E-state index contributed by atoms with van der Waals surface area (Å²) in [4.78, 5) is 0. The van der Waals surface area contributed by atoms with Crippen LogP contribution in [0.25, 0.3) is 0 Å². The Morgan fingerprint density at radius 3 is 2.79 bits per heavy atom. The fourth-order valence-corrected chi connectivity index (χ4v) is 2.67. The van der Waals surface area contributed by atoms with Gasteiger partial charge in [0.1, 0.15) is 0 Å². The summed E-state index contributed by atoms with van der Waals surface area (Å²) < 4.78 is 7.25. The predicted molar refractivity (Wildman–Crippen MR) is 79.6 cm³/mol. The third-order valence-corrected chi connectivity index (χ3v) is 3.43. The summed E-state index contributed by atoms with van der Waals surface area (Å²) in [6.45, 7) is 9.04. The highest BCUT2D eigenvalue weighted by molar-refractivity contribution is 6.31. The monoisotopic (exact) mass is 287 g/mol. The van der Waals surface area contributed by atoms with E-state index in [-0.39, 0.29) is 6.04 Å². The van der Waals surface area contributed by atoms with Crippen LogP contribution in [0.5, 0.6) is 0 Å². The van der Waals surface area contributed by atoms with Crippen LogP contribution in [0, 0.1) is 5.92 Å². The minimum Gasteiger partial charge on any atom is -0.384 e. The van der Waals surface area contributed by atoms with Crippen molar-refractivity contribution in [3.8, 4) is 0 Å². The van der Waals surface area contributed by atoms with Crippen molar-refractivity contribution in [2.75, 3.05) is 20.3 Å². The maximum absolute atomic E-state index is 6.32. The van der Waals surface area contributed by atoms with Crippen molar-refractivity contribution in [3.63, 3.8) is 0 Å². The fourth-order valence-electron chi connectivity index (χ4n) is 2.40. The molecule has 1 rings (SSSR count). The first-order valence-corrected chi connectivity index (χ1v) is 7.45. The fraction of sp³-hybridized carbons (Fsp3) is 0.786. The van der Waals surface area contributed by atoms with Gasteiger partial charge in [0, 0.05) is 20.3 Å². The highest BCUT2D eigenvalue weighted by Gasteiger charge is 2.21. The van der Waals surface area contributed by atoms with E-state index in [1.807, 2.05) is 4.68 Å². The van der Waals surface area contributed by atoms with Crippen LogP contribution in [-0.4, -0.2) is 30.0 Å². The zero-order valence-corrected chi connectivity index (χ0v) is 13.2. The van der Waals surface area contributed by atoms with Crippen molar-refractivity contribution in [2.45, 2.75) is 46.2 Å². The Bertz CT molecular complexity index is 368. The number of methoxy groups -OCH3 is 1.